The third-order valence-electron chi connectivity index (χ3n) is 11.7. The van der Waals surface area contributed by atoms with Gasteiger partial charge in [-0.05, 0) is 75.6 Å². The number of ether oxygens (including phenoxy) is 1. The molecule has 1 fully saturated rings. The van der Waals surface area contributed by atoms with E-state index >= 15 is 0 Å². The molecule has 20 nitrogen and oxygen atoms in total. The second-order valence-corrected chi connectivity index (χ2v) is 18.9. The van der Waals surface area contributed by atoms with Crippen molar-refractivity contribution < 1.29 is 61.9 Å². The number of carbonyl (C=O) groups is 6. The normalized spacial score (nSPS) is 16.0. The lowest BCUT2D eigenvalue weighted by molar-refractivity contribution is -0.139. The first kappa shape index (κ1) is 55.9. The minimum atomic E-state index is -5.13. The van der Waals surface area contributed by atoms with Gasteiger partial charge in [-0.3, -0.25) is 33.3 Å². The number of nitrogens with zero attached hydrogens (tertiary/aromatic N) is 3. The molecule has 0 spiro atoms. The van der Waals surface area contributed by atoms with Gasteiger partial charge in [-0.2, -0.15) is 0 Å². The minimum absolute atomic E-state index is 0.104. The number of aliphatic hydroxyl groups excluding tert-OH is 1. The van der Waals surface area contributed by atoms with E-state index in [9.17, 15) is 52.6 Å². The molecule has 2 heterocycles. The van der Waals surface area contributed by atoms with Crippen LogP contribution in [0.2, 0.25) is 0 Å². The SMILES string of the molecule is CC(=O)N1CCC[C@H]1C(=O)N[C@@H](CC(C)C)C(=O)N[C@@H](Cc1cncn1CCCCCCCCCc1c(F)cccc1Oc1ccccc1)C(=O)N[C@@H](CO)C(=O)N[C@H](C(N)=O)[C@@H](C)OP(=O)(O)O. The molecule has 0 saturated carbocycles. The Kier molecular flexibility index (Phi) is 22.2. The molecule has 22 heteroatoms. The van der Waals surface area contributed by atoms with Crippen molar-refractivity contribution in [3.63, 3.8) is 0 Å². The van der Waals surface area contributed by atoms with Crippen LogP contribution in [0, 0.1) is 11.7 Å². The molecule has 1 aliphatic heterocycles. The number of nitrogens with two attached hydrogens (primary N) is 1. The largest absolute Gasteiger partial charge is 0.469 e. The first-order chi connectivity index (χ1) is 32.8. The number of nitrogens with one attached hydrogen (secondary N) is 4. The zero-order valence-electron chi connectivity index (χ0n) is 39.7. The molecule has 2 aromatic carbocycles. The highest BCUT2D eigenvalue weighted by Gasteiger charge is 2.37. The van der Waals surface area contributed by atoms with Gasteiger partial charge < -0.3 is 56.1 Å². The van der Waals surface area contributed by atoms with Crippen molar-refractivity contribution >= 4 is 43.3 Å². The number of unbranched alkanes of at least 4 members (excludes halogenated alkanes) is 6. The van der Waals surface area contributed by atoms with E-state index in [4.69, 9.17) is 10.5 Å². The van der Waals surface area contributed by atoms with Crippen molar-refractivity contribution in [3.8, 4) is 11.5 Å². The van der Waals surface area contributed by atoms with E-state index in [2.05, 4.69) is 30.8 Å². The third kappa shape index (κ3) is 18.3. The Balaban J connectivity index is 1.40. The van der Waals surface area contributed by atoms with Crippen LogP contribution in [0.15, 0.2) is 61.1 Å². The first-order valence-electron chi connectivity index (χ1n) is 23.4. The van der Waals surface area contributed by atoms with E-state index in [0.29, 0.717) is 55.1 Å². The first-order valence-corrected chi connectivity index (χ1v) is 24.9. The fourth-order valence-electron chi connectivity index (χ4n) is 8.18. The van der Waals surface area contributed by atoms with Gasteiger partial charge in [0.15, 0.2) is 0 Å². The van der Waals surface area contributed by atoms with Crippen LogP contribution in [0.3, 0.4) is 0 Å². The molecule has 0 aliphatic carbocycles. The van der Waals surface area contributed by atoms with Crippen molar-refractivity contribution in [1.29, 1.82) is 0 Å². The average molecular weight is 987 g/mol. The van der Waals surface area contributed by atoms with E-state index in [1.54, 1.807) is 18.5 Å². The van der Waals surface area contributed by atoms with E-state index in [0.717, 1.165) is 51.9 Å². The third-order valence-corrected chi connectivity index (χ3v) is 12.3. The lowest BCUT2D eigenvalue weighted by Gasteiger charge is -2.28. The van der Waals surface area contributed by atoms with Crippen LogP contribution in [0.4, 0.5) is 4.39 Å². The Hall–Kier alpha value is -5.73. The molecule has 3 aromatic rings. The number of aryl methyl sites for hydroxylation is 1. The summed E-state index contributed by atoms with van der Waals surface area (Å²) < 4.78 is 38.5. The number of hydrogen-bond acceptors (Lipinski definition) is 11. The fraction of sp³-hybridized carbons (Fsp3) is 0.553. The number of phosphoric ester groups is 1. The van der Waals surface area contributed by atoms with Crippen LogP contribution in [-0.4, -0.2) is 114 Å². The maximum absolute atomic E-state index is 14.8. The van der Waals surface area contributed by atoms with Crippen molar-refractivity contribution in [2.75, 3.05) is 13.2 Å². The number of phosphoric acid groups is 1. The average Bonchev–Trinajstić information content (AvgIpc) is 3.97. The van der Waals surface area contributed by atoms with Gasteiger partial charge in [0.2, 0.25) is 35.4 Å². The van der Waals surface area contributed by atoms with Crippen molar-refractivity contribution in [2.24, 2.45) is 11.7 Å². The molecular weight excluding hydrogens is 919 g/mol. The molecule has 6 atom stereocenters. The predicted octanol–water partition coefficient (Wildman–Crippen LogP) is 3.30. The molecule has 6 amide bonds. The van der Waals surface area contributed by atoms with E-state index < -0.39 is 80.3 Å². The van der Waals surface area contributed by atoms with Crippen molar-refractivity contribution in [2.45, 2.75) is 148 Å². The van der Waals surface area contributed by atoms with Gasteiger partial charge >= 0.3 is 7.82 Å². The number of amides is 6. The molecule has 4 rings (SSSR count). The van der Waals surface area contributed by atoms with Gasteiger partial charge in [0.1, 0.15) is 47.5 Å². The second kappa shape index (κ2) is 27.5. The number of likely N-dealkylation sites (tertiary alicyclic amines) is 1. The smallest absolute Gasteiger partial charge is 0.457 e. The summed E-state index contributed by atoms with van der Waals surface area (Å²) in [7, 11) is -5.13. The van der Waals surface area contributed by atoms with Gasteiger partial charge in [-0.15, -0.1) is 0 Å². The molecule has 1 saturated heterocycles. The van der Waals surface area contributed by atoms with Crippen LogP contribution in [0.1, 0.15) is 103 Å². The summed E-state index contributed by atoms with van der Waals surface area (Å²) in [6.07, 6.45) is 9.25. The number of benzene rings is 2. The summed E-state index contributed by atoms with van der Waals surface area (Å²) in [5.74, 6) is -4.11. The van der Waals surface area contributed by atoms with Gasteiger partial charge in [0.25, 0.3) is 0 Å². The molecule has 0 radical (unpaired) electrons. The molecule has 69 heavy (non-hydrogen) atoms. The highest BCUT2D eigenvalue weighted by atomic mass is 31.2. The number of carbonyl (C=O) groups excluding carboxylic acids is 6. The van der Waals surface area contributed by atoms with Gasteiger partial charge in [-0.25, -0.2) is 13.9 Å². The predicted molar refractivity (Wildman–Crippen MR) is 251 cm³/mol. The number of rotatable bonds is 29. The number of aliphatic hydroxyl groups is 1. The maximum Gasteiger partial charge on any atom is 0.469 e. The zero-order valence-corrected chi connectivity index (χ0v) is 40.6. The number of para-hydroxylation sites is 1. The van der Waals surface area contributed by atoms with Gasteiger partial charge in [-0.1, -0.05) is 70.2 Å². The number of halogens is 1. The quantitative estimate of drug-likeness (QED) is 0.0367. The Morgan fingerprint density at radius 2 is 1.49 bits per heavy atom. The van der Waals surface area contributed by atoms with E-state index in [-0.39, 0.29) is 30.5 Å². The minimum Gasteiger partial charge on any atom is -0.457 e. The second-order valence-electron chi connectivity index (χ2n) is 17.7. The highest BCUT2D eigenvalue weighted by molar-refractivity contribution is 7.46. The number of imidazole rings is 1. The standard InChI is InChI=1S/C47H68FN8O12P/c1-30(2)25-37(52-47(63)40-21-16-24-56(40)32(4)58)44(60)51-38(45(61)53-39(28-57)46(62)54-42(43(49)59)31(3)68-69(64,65)66)26-33-27-50-29-55(33)23-14-9-7-5-6-8-13-19-35-36(48)20-15-22-41(35)67-34-17-11-10-12-18-34/h10-12,15,17-18,20,22,27,29-31,37-40,42,57H,5-9,13-14,16,19,21,23-26,28H2,1-4H3,(H2,49,59)(H,51,60)(H,52,63)(H,53,61)(H,54,62)(H2,64,65,66)/t31-,37+,38+,39+,40+,42+/m1/s1. The summed E-state index contributed by atoms with van der Waals surface area (Å²) in [5, 5.41) is 20.2. The van der Waals surface area contributed by atoms with Crippen LogP contribution < -0.4 is 31.7 Å². The monoisotopic (exact) mass is 986 g/mol. The number of primary amides is 1. The Labute approximate surface area is 401 Å². The van der Waals surface area contributed by atoms with Crippen molar-refractivity contribution in [1.82, 2.24) is 35.7 Å². The van der Waals surface area contributed by atoms with Crippen LogP contribution in [0.5, 0.6) is 11.5 Å². The molecule has 0 unspecified atom stereocenters. The summed E-state index contributed by atoms with van der Waals surface area (Å²) in [5.41, 5.74) is 6.45. The van der Waals surface area contributed by atoms with Crippen LogP contribution in [-0.2, 0) is 57.2 Å². The molecule has 0 bridgehead atoms. The Bertz CT molecular complexity index is 2230. The number of aromatic nitrogens is 2. The molecular formula is C47H68FN8O12P. The zero-order chi connectivity index (χ0) is 50.7. The molecule has 1 aromatic heterocycles. The maximum atomic E-state index is 14.8. The summed E-state index contributed by atoms with van der Waals surface area (Å²) >= 11 is 0. The van der Waals surface area contributed by atoms with Crippen LogP contribution >= 0.6 is 7.82 Å². The fourth-order valence-corrected chi connectivity index (χ4v) is 8.73. The summed E-state index contributed by atoms with van der Waals surface area (Å²) in [6, 6.07) is 7.22. The topological polar surface area (TPSA) is 294 Å². The lowest BCUT2D eigenvalue weighted by Crippen LogP contribution is -2.61. The van der Waals surface area contributed by atoms with Gasteiger partial charge in [0.05, 0.1) is 19.0 Å². The molecule has 9 N–H and O–H groups in total. The summed E-state index contributed by atoms with van der Waals surface area (Å²) in [4.78, 5) is 104. The lowest BCUT2D eigenvalue weighted by atomic mass is 10.0. The molecule has 1 aliphatic rings. The van der Waals surface area contributed by atoms with E-state index in [1.807, 2.05) is 48.7 Å². The van der Waals surface area contributed by atoms with Gasteiger partial charge in [0, 0.05) is 43.9 Å². The number of hydrogen-bond donors (Lipinski definition) is 8. The highest BCUT2D eigenvalue weighted by Crippen LogP contribution is 2.38. The summed E-state index contributed by atoms with van der Waals surface area (Å²) in [6.45, 7) is 6.02. The van der Waals surface area contributed by atoms with Crippen molar-refractivity contribution in [3.05, 3.63) is 78.1 Å². The Morgan fingerprint density at radius 3 is 2.13 bits per heavy atom. The van der Waals surface area contributed by atoms with E-state index in [1.165, 1.54) is 24.1 Å². The molecule has 380 valence electrons. The van der Waals surface area contributed by atoms with Crippen LogP contribution in [0.25, 0.3) is 0 Å². The Morgan fingerprint density at radius 1 is 0.855 bits per heavy atom.